The Balaban J connectivity index is 1.54. The first-order valence-corrected chi connectivity index (χ1v) is 14.6. The molecule has 1 aliphatic carbocycles. The Morgan fingerprint density at radius 2 is 1.82 bits per heavy atom. The maximum Gasteiger partial charge on any atom is 0.306 e. The number of halogens is 1. The number of aliphatic carboxylic acids is 1. The lowest BCUT2D eigenvalue weighted by atomic mass is 9.83. The molecule has 1 saturated carbocycles. The van der Waals surface area contributed by atoms with E-state index in [1.165, 1.54) is 16.8 Å². The molecule has 1 aromatic heterocycles. The molecule has 8 heteroatoms. The van der Waals surface area contributed by atoms with Gasteiger partial charge in [-0.2, -0.15) is 5.10 Å². The maximum atomic E-state index is 13.8. The van der Waals surface area contributed by atoms with Crippen LogP contribution in [0.3, 0.4) is 0 Å². The van der Waals surface area contributed by atoms with Gasteiger partial charge >= 0.3 is 5.97 Å². The number of amides is 1. The summed E-state index contributed by atoms with van der Waals surface area (Å²) in [6.45, 7) is 4.31. The highest BCUT2D eigenvalue weighted by Gasteiger charge is 2.32. The van der Waals surface area contributed by atoms with Gasteiger partial charge in [-0.1, -0.05) is 80.6 Å². The Morgan fingerprint density at radius 1 is 1.10 bits per heavy atom. The van der Waals surface area contributed by atoms with Crippen molar-refractivity contribution in [2.75, 3.05) is 5.32 Å². The minimum absolute atomic E-state index is 0.0478. The summed E-state index contributed by atoms with van der Waals surface area (Å²) < 4.78 is 1.32. The second-order valence-electron chi connectivity index (χ2n) is 10.9. The Kier molecular flexibility index (Phi) is 10.2. The molecule has 1 fully saturated rings. The van der Waals surface area contributed by atoms with Crippen LogP contribution >= 0.6 is 11.6 Å². The van der Waals surface area contributed by atoms with E-state index in [9.17, 15) is 19.5 Å². The van der Waals surface area contributed by atoms with Gasteiger partial charge in [-0.25, -0.2) is 4.68 Å². The van der Waals surface area contributed by atoms with Crippen molar-refractivity contribution in [3.05, 3.63) is 92.4 Å². The summed E-state index contributed by atoms with van der Waals surface area (Å²) in [4.78, 5) is 37.8. The van der Waals surface area contributed by atoms with Crippen molar-refractivity contribution in [2.24, 2.45) is 11.8 Å². The third-order valence-corrected chi connectivity index (χ3v) is 8.29. The zero-order chi connectivity index (χ0) is 28.6. The largest absolute Gasteiger partial charge is 0.481 e. The Bertz CT molecular complexity index is 1380. The minimum atomic E-state index is -0.775. The molecule has 7 nitrogen and oxygen atoms in total. The van der Waals surface area contributed by atoms with Gasteiger partial charge in [0, 0.05) is 11.8 Å². The smallest absolute Gasteiger partial charge is 0.306 e. The number of anilines is 1. The first-order valence-electron chi connectivity index (χ1n) is 14.2. The SMILES string of the molecule is CCCCC(Cc1cccc(NC(=O)C(c2ccc(Cn3nc(Cl)ccc3=O)cc2)C2CCCC2)c1C)C(=O)O. The van der Waals surface area contributed by atoms with Gasteiger partial charge in [0.2, 0.25) is 5.91 Å². The molecule has 0 aliphatic heterocycles. The van der Waals surface area contributed by atoms with E-state index < -0.39 is 11.9 Å². The molecule has 40 heavy (non-hydrogen) atoms. The number of unbranched alkanes of at least 4 members (excludes halogenated alkanes) is 1. The van der Waals surface area contributed by atoms with Crippen molar-refractivity contribution >= 4 is 29.2 Å². The quantitative estimate of drug-likeness (QED) is 0.258. The molecule has 2 atom stereocenters. The number of carbonyl (C=O) groups excluding carboxylic acids is 1. The van der Waals surface area contributed by atoms with Crippen molar-refractivity contribution in [2.45, 2.75) is 77.7 Å². The Hall–Kier alpha value is -3.45. The molecule has 1 aliphatic rings. The monoisotopic (exact) mass is 563 g/mol. The number of aromatic nitrogens is 2. The second-order valence-corrected chi connectivity index (χ2v) is 11.3. The van der Waals surface area contributed by atoms with Crippen molar-refractivity contribution in [1.82, 2.24) is 9.78 Å². The lowest BCUT2D eigenvalue weighted by Crippen LogP contribution is -2.27. The van der Waals surface area contributed by atoms with E-state index in [0.29, 0.717) is 19.4 Å². The number of nitrogens with zero attached hydrogens (tertiary/aromatic N) is 2. The predicted octanol–water partition coefficient (Wildman–Crippen LogP) is 6.60. The molecule has 0 spiro atoms. The molecular formula is C32H38ClN3O4. The predicted molar refractivity (Wildman–Crippen MR) is 158 cm³/mol. The van der Waals surface area contributed by atoms with E-state index >= 15 is 0 Å². The van der Waals surface area contributed by atoms with Crippen LogP contribution in [0.2, 0.25) is 5.15 Å². The van der Waals surface area contributed by atoms with Crippen LogP contribution in [-0.4, -0.2) is 26.8 Å². The summed E-state index contributed by atoms with van der Waals surface area (Å²) in [6.07, 6.45) is 7.14. The summed E-state index contributed by atoms with van der Waals surface area (Å²) in [5.74, 6) is -1.32. The lowest BCUT2D eigenvalue weighted by Gasteiger charge is -2.24. The molecule has 212 valence electrons. The van der Waals surface area contributed by atoms with Gasteiger partial charge in [-0.05, 0) is 72.9 Å². The third-order valence-electron chi connectivity index (χ3n) is 8.08. The number of carbonyl (C=O) groups is 2. The standard InChI is InChI=1S/C32H38ClN3O4/c1-3-4-8-26(32(39)40)19-25-11-7-12-27(21(25)2)34-31(38)30(23-9-5-6-10-23)24-15-13-22(14-16-24)20-36-29(37)18-17-28(33)35-36/h7,11-18,23,26,30H,3-6,8-10,19-20H2,1-2H3,(H,34,38)(H,39,40). The van der Waals surface area contributed by atoms with Crippen LogP contribution in [0.4, 0.5) is 5.69 Å². The van der Waals surface area contributed by atoms with Gasteiger partial charge in [0.15, 0.2) is 0 Å². The average Bonchev–Trinajstić information content (AvgIpc) is 3.46. The van der Waals surface area contributed by atoms with Gasteiger partial charge in [-0.3, -0.25) is 14.4 Å². The van der Waals surface area contributed by atoms with E-state index in [0.717, 1.165) is 66.5 Å². The molecular weight excluding hydrogens is 526 g/mol. The first kappa shape index (κ1) is 29.5. The number of benzene rings is 2. The zero-order valence-electron chi connectivity index (χ0n) is 23.2. The molecule has 0 radical (unpaired) electrons. The van der Waals surface area contributed by atoms with Crippen LogP contribution in [-0.2, 0) is 22.6 Å². The van der Waals surface area contributed by atoms with E-state index in [4.69, 9.17) is 11.6 Å². The number of rotatable bonds is 12. The normalized spacial score (nSPS) is 15.1. The van der Waals surface area contributed by atoms with Crippen molar-refractivity contribution < 1.29 is 14.7 Å². The van der Waals surface area contributed by atoms with Crippen LogP contribution in [0.25, 0.3) is 0 Å². The fourth-order valence-electron chi connectivity index (χ4n) is 5.75. The maximum absolute atomic E-state index is 13.8. The molecule has 2 aromatic carbocycles. The highest BCUT2D eigenvalue weighted by molar-refractivity contribution is 6.29. The van der Waals surface area contributed by atoms with E-state index in [2.05, 4.69) is 17.3 Å². The molecule has 0 bridgehead atoms. The van der Waals surface area contributed by atoms with Gasteiger partial charge in [0.25, 0.3) is 5.56 Å². The molecule has 4 rings (SSSR count). The van der Waals surface area contributed by atoms with Gasteiger partial charge in [0.1, 0.15) is 5.15 Å². The second kappa shape index (κ2) is 13.8. The van der Waals surface area contributed by atoms with Crippen LogP contribution < -0.4 is 10.9 Å². The summed E-state index contributed by atoms with van der Waals surface area (Å²) in [7, 11) is 0. The topological polar surface area (TPSA) is 101 Å². The third kappa shape index (κ3) is 7.39. The zero-order valence-corrected chi connectivity index (χ0v) is 24.0. The number of hydrogen-bond donors (Lipinski definition) is 2. The van der Waals surface area contributed by atoms with Gasteiger partial charge < -0.3 is 10.4 Å². The highest BCUT2D eigenvalue weighted by Crippen LogP contribution is 2.38. The number of carboxylic acids is 1. The van der Waals surface area contributed by atoms with Crippen molar-refractivity contribution in [3.8, 4) is 0 Å². The summed E-state index contributed by atoms with van der Waals surface area (Å²) in [5, 5.41) is 17.3. The fourth-order valence-corrected chi connectivity index (χ4v) is 5.90. The van der Waals surface area contributed by atoms with E-state index in [1.54, 1.807) is 0 Å². The van der Waals surface area contributed by atoms with E-state index in [-0.39, 0.29) is 28.5 Å². The van der Waals surface area contributed by atoms with Gasteiger partial charge in [0.05, 0.1) is 18.4 Å². The minimum Gasteiger partial charge on any atom is -0.481 e. The fraction of sp³-hybridized carbons (Fsp3) is 0.438. The summed E-state index contributed by atoms with van der Waals surface area (Å²) >= 11 is 5.96. The molecule has 1 heterocycles. The average molecular weight is 564 g/mol. The van der Waals surface area contributed by atoms with Crippen LogP contribution in [0.1, 0.15) is 80.0 Å². The van der Waals surface area contributed by atoms with Crippen molar-refractivity contribution in [3.63, 3.8) is 0 Å². The molecule has 1 amide bonds. The van der Waals surface area contributed by atoms with Crippen molar-refractivity contribution in [1.29, 1.82) is 0 Å². The summed E-state index contributed by atoms with van der Waals surface area (Å²) in [6, 6.07) is 16.4. The molecule has 2 N–H and O–H groups in total. The Labute approximate surface area is 240 Å². The molecule has 0 saturated heterocycles. The molecule has 2 unspecified atom stereocenters. The Morgan fingerprint density at radius 3 is 2.50 bits per heavy atom. The van der Waals surface area contributed by atoms with E-state index in [1.807, 2.05) is 49.4 Å². The van der Waals surface area contributed by atoms with Crippen LogP contribution in [0, 0.1) is 18.8 Å². The number of nitrogens with one attached hydrogen (secondary N) is 1. The first-order chi connectivity index (χ1) is 19.3. The van der Waals surface area contributed by atoms with Crippen LogP contribution in [0.5, 0.6) is 0 Å². The summed E-state index contributed by atoms with van der Waals surface area (Å²) in [5.41, 5.74) is 4.21. The van der Waals surface area contributed by atoms with Crippen LogP contribution in [0.15, 0.2) is 59.4 Å². The highest BCUT2D eigenvalue weighted by atomic mass is 35.5. The number of hydrogen-bond acceptors (Lipinski definition) is 4. The molecule has 3 aromatic rings. The van der Waals surface area contributed by atoms with Gasteiger partial charge in [-0.15, -0.1) is 0 Å². The number of carboxylic acid groups (broad SMARTS) is 1. The lowest BCUT2D eigenvalue weighted by molar-refractivity contribution is -0.142.